The molecule has 1 fully saturated rings. The van der Waals surface area contributed by atoms with E-state index in [1.807, 2.05) is 6.92 Å². The van der Waals surface area contributed by atoms with Crippen molar-refractivity contribution in [2.75, 3.05) is 31.0 Å². The summed E-state index contributed by atoms with van der Waals surface area (Å²) in [4.78, 5) is 0.191. The molecule has 2 heterocycles. The van der Waals surface area contributed by atoms with Gasteiger partial charge in [0.25, 0.3) is 10.0 Å². The Hall–Kier alpha value is -2.30. The highest BCUT2D eigenvalue weighted by molar-refractivity contribution is 7.92. The second-order valence-electron chi connectivity index (χ2n) is 7.90. The highest BCUT2D eigenvalue weighted by atomic mass is 32.2. The molecule has 31 heavy (non-hydrogen) atoms. The number of hydrogen-bond donors (Lipinski definition) is 1. The summed E-state index contributed by atoms with van der Waals surface area (Å²) >= 11 is 0. The van der Waals surface area contributed by atoms with Crippen molar-refractivity contribution in [2.24, 2.45) is 5.92 Å². The zero-order valence-corrected chi connectivity index (χ0v) is 18.9. The third kappa shape index (κ3) is 4.81. The molecule has 8 nitrogen and oxygen atoms in total. The van der Waals surface area contributed by atoms with E-state index in [2.05, 4.69) is 4.72 Å². The van der Waals surface area contributed by atoms with Gasteiger partial charge in [0.2, 0.25) is 10.0 Å². The van der Waals surface area contributed by atoms with Crippen molar-refractivity contribution in [1.82, 2.24) is 4.31 Å². The largest absolute Gasteiger partial charge is 0.490 e. The van der Waals surface area contributed by atoms with Gasteiger partial charge in [-0.25, -0.2) is 16.8 Å². The van der Waals surface area contributed by atoms with Crippen LogP contribution in [0.25, 0.3) is 0 Å². The minimum atomic E-state index is -3.88. The molecule has 10 heteroatoms. The Morgan fingerprint density at radius 3 is 2.29 bits per heavy atom. The normalized spacial score (nSPS) is 20.1. The van der Waals surface area contributed by atoms with Crippen molar-refractivity contribution in [2.45, 2.75) is 36.0 Å². The number of nitrogens with one attached hydrogen (secondary N) is 1. The molecule has 1 unspecified atom stereocenters. The van der Waals surface area contributed by atoms with Gasteiger partial charge in [-0.05, 0) is 55.2 Å². The van der Waals surface area contributed by atoms with Crippen molar-refractivity contribution in [3.63, 3.8) is 0 Å². The van der Waals surface area contributed by atoms with E-state index in [-0.39, 0.29) is 15.5 Å². The van der Waals surface area contributed by atoms with Crippen LogP contribution in [-0.2, 0) is 20.0 Å². The van der Waals surface area contributed by atoms with E-state index in [0.29, 0.717) is 43.7 Å². The molecule has 0 saturated carbocycles. The number of hydrogen-bond acceptors (Lipinski definition) is 6. The molecule has 0 radical (unpaired) electrons. The first-order valence-electron chi connectivity index (χ1n) is 10.3. The smallest absolute Gasteiger partial charge is 0.262 e. The Bertz CT molecular complexity index is 1150. The Balaban J connectivity index is 1.51. The average Bonchev–Trinajstić information content (AvgIpc) is 2.99. The number of rotatable bonds is 5. The number of sulfonamides is 2. The molecule has 2 aliphatic heterocycles. The molecule has 0 amide bonds. The van der Waals surface area contributed by atoms with Crippen molar-refractivity contribution in [3.8, 4) is 11.5 Å². The van der Waals surface area contributed by atoms with E-state index in [0.717, 1.165) is 19.3 Å². The standard InChI is InChI=1S/C21H26N2O6S2/c1-16-4-2-11-23(15-16)31(26,27)18-7-5-17(6-8-18)22-30(24,25)19-9-10-20-21(14-19)29-13-3-12-28-20/h5-10,14,16,22H,2-4,11-13,15H2,1H3. The van der Waals surface area contributed by atoms with E-state index in [9.17, 15) is 16.8 Å². The van der Waals surface area contributed by atoms with Gasteiger partial charge < -0.3 is 9.47 Å². The Kier molecular flexibility index (Phi) is 6.14. The minimum absolute atomic E-state index is 0.0377. The van der Waals surface area contributed by atoms with Gasteiger partial charge in [-0.3, -0.25) is 4.72 Å². The highest BCUT2D eigenvalue weighted by Gasteiger charge is 2.28. The molecule has 2 aromatic carbocycles. The summed E-state index contributed by atoms with van der Waals surface area (Å²) in [5.74, 6) is 1.22. The average molecular weight is 467 g/mol. The van der Waals surface area contributed by atoms with E-state index in [1.54, 1.807) is 6.07 Å². The minimum Gasteiger partial charge on any atom is -0.490 e. The molecule has 2 aromatic rings. The fourth-order valence-corrected chi connectivity index (χ4v) is 6.41. The number of fused-ring (bicyclic) bond motifs is 1. The van der Waals surface area contributed by atoms with Crippen molar-refractivity contribution < 1.29 is 26.3 Å². The Labute approximate surface area is 183 Å². The summed E-state index contributed by atoms with van der Waals surface area (Å²) in [5, 5.41) is 0. The molecule has 1 saturated heterocycles. The van der Waals surface area contributed by atoms with Crippen LogP contribution in [0, 0.1) is 5.92 Å². The molecular formula is C21H26N2O6S2. The van der Waals surface area contributed by atoms with Gasteiger partial charge in [-0.15, -0.1) is 0 Å². The van der Waals surface area contributed by atoms with Crippen LogP contribution in [0.5, 0.6) is 11.5 Å². The van der Waals surface area contributed by atoms with Gasteiger partial charge >= 0.3 is 0 Å². The molecule has 4 rings (SSSR count). The second-order valence-corrected chi connectivity index (χ2v) is 11.5. The lowest BCUT2D eigenvalue weighted by Crippen LogP contribution is -2.39. The van der Waals surface area contributed by atoms with Crippen LogP contribution in [0.1, 0.15) is 26.2 Å². The van der Waals surface area contributed by atoms with E-state index >= 15 is 0 Å². The molecule has 2 aliphatic rings. The predicted octanol–water partition coefficient (Wildman–Crippen LogP) is 3.07. The van der Waals surface area contributed by atoms with Crippen LogP contribution in [-0.4, -0.2) is 47.4 Å². The van der Waals surface area contributed by atoms with Gasteiger partial charge in [0.05, 0.1) is 23.0 Å². The fraction of sp³-hybridized carbons (Fsp3) is 0.429. The summed E-state index contributed by atoms with van der Waals surface area (Å²) in [6.45, 7) is 4.02. The van der Waals surface area contributed by atoms with Crippen molar-refractivity contribution in [3.05, 3.63) is 42.5 Å². The first kappa shape index (κ1) is 21.9. The third-order valence-corrected chi connectivity index (χ3v) is 8.65. The van der Waals surface area contributed by atoms with Crippen LogP contribution >= 0.6 is 0 Å². The lowest BCUT2D eigenvalue weighted by Gasteiger charge is -2.30. The fourth-order valence-electron chi connectivity index (χ4n) is 3.73. The predicted molar refractivity (Wildman–Crippen MR) is 116 cm³/mol. The molecule has 1 N–H and O–H groups in total. The van der Waals surface area contributed by atoms with E-state index in [1.165, 1.54) is 40.7 Å². The van der Waals surface area contributed by atoms with Crippen molar-refractivity contribution in [1.29, 1.82) is 0 Å². The maximum absolute atomic E-state index is 12.9. The summed E-state index contributed by atoms with van der Waals surface area (Å²) < 4.78 is 66.4. The zero-order valence-electron chi connectivity index (χ0n) is 17.3. The quantitative estimate of drug-likeness (QED) is 0.727. The van der Waals surface area contributed by atoms with Crippen LogP contribution in [0.3, 0.4) is 0 Å². The molecule has 0 spiro atoms. The first-order valence-corrected chi connectivity index (χ1v) is 13.2. The van der Waals surface area contributed by atoms with Crippen LogP contribution in [0.4, 0.5) is 5.69 Å². The third-order valence-electron chi connectivity index (χ3n) is 5.39. The lowest BCUT2D eigenvalue weighted by atomic mass is 10.0. The van der Waals surface area contributed by atoms with Gasteiger partial charge in [-0.1, -0.05) is 6.92 Å². The molecule has 0 bridgehead atoms. The second kappa shape index (κ2) is 8.68. The molecule has 168 valence electrons. The lowest BCUT2D eigenvalue weighted by molar-refractivity contribution is 0.281. The summed E-state index contributed by atoms with van der Waals surface area (Å²) in [7, 11) is -7.48. The van der Waals surface area contributed by atoms with Gasteiger partial charge in [0.15, 0.2) is 11.5 Å². The SMILES string of the molecule is CC1CCCN(S(=O)(=O)c2ccc(NS(=O)(=O)c3ccc4c(c3)OCCCO4)cc2)C1. The summed E-state index contributed by atoms with van der Waals surface area (Å²) in [6, 6.07) is 10.2. The molecular weight excluding hydrogens is 440 g/mol. The topological polar surface area (TPSA) is 102 Å². The summed E-state index contributed by atoms with van der Waals surface area (Å²) in [5.41, 5.74) is 0.276. The molecule has 1 atom stereocenters. The first-order chi connectivity index (χ1) is 14.8. The molecule has 0 aromatic heterocycles. The zero-order chi connectivity index (χ0) is 22.1. The van der Waals surface area contributed by atoms with E-state index in [4.69, 9.17) is 9.47 Å². The molecule has 0 aliphatic carbocycles. The van der Waals surface area contributed by atoms with Gasteiger partial charge in [-0.2, -0.15) is 4.31 Å². The number of benzene rings is 2. The Morgan fingerprint density at radius 2 is 1.58 bits per heavy atom. The maximum Gasteiger partial charge on any atom is 0.262 e. The Morgan fingerprint density at radius 1 is 0.903 bits per heavy atom. The van der Waals surface area contributed by atoms with Crippen LogP contribution in [0.15, 0.2) is 52.3 Å². The van der Waals surface area contributed by atoms with Gasteiger partial charge in [0.1, 0.15) is 0 Å². The van der Waals surface area contributed by atoms with E-state index < -0.39 is 20.0 Å². The number of ether oxygens (including phenoxy) is 2. The van der Waals surface area contributed by atoms with Crippen LogP contribution in [0.2, 0.25) is 0 Å². The van der Waals surface area contributed by atoms with Crippen molar-refractivity contribution >= 4 is 25.7 Å². The van der Waals surface area contributed by atoms with Crippen LogP contribution < -0.4 is 14.2 Å². The highest BCUT2D eigenvalue weighted by Crippen LogP contribution is 2.32. The summed E-state index contributed by atoms with van der Waals surface area (Å²) in [6.07, 6.45) is 2.58. The number of anilines is 1. The number of piperidine rings is 1. The monoisotopic (exact) mass is 466 g/mol. The maximum atomic E-state index is 12.9. The number of nitrogens with zero attached hydrogens (tertiary/aromatic N) is 1. The van der Waals surface area contributed by atoms with Gasteiger partial charge in [0, 0.05) is 31.3 Å².